The third-order valence-electron chi connectivity index (χ3n) is 3.68. The Morgan fingerprint density at radius 3 is 2.77 bits per heavy atom. The Bertz CT molecular complexity index is 935. The molecule has 6 heteroatoms. The molecule has 1 N–H and O–H groups in total. The van der Waals surface area contributed by atoms with Gasteiger partial charge in [-0.2, -0.15) is 4.39 Å². The first-order chi connectivity index (χ1) is 10.5. The molecule has 3 aromatic rings. The third-order valence-corrected chi connectivity index (χ3v) is 3.68. The van der Waals surface area contributed by atoms with E-state index in [0.29, 0.717) is 17.0 Å². The largest absolute Gasteiger partial charge is 0.496 e. The number of benzene rings is 1. The van der Waals surface area contributed by atoms with E-state index >= 15 is 0 Å². The minimum atomic E-state index is -0.720. The van der Waals surface area contributed by atoms with Crippen LogP contribution in [0.1, 0.15) is 11.1 Å². The van der Waals surface area contributed by atoms with Crippen molar-refractivity contribution in [1.82, 2.24) is 15.0 Å². The van der Waals surface area contributed by atoms with Crippen molar-refractivity contribution in [3.8, 4) is 17.0 Å². The Morgan fingerprint density at radius 2 is 2.05 bits per heavy atom. The summed E-state index contributed by atoms with van der Waals surface area (Å²) in [5, 5.41) is 0.173. The number of hydrogen-bond acceptors (Lipinski definition) is 4. The van der Waals surface area contributed by atoms with Gasteiger partial charge >= 0.3 is 0 Å². The molecule has 0 aliphatic heterocycles. The molecule has 0 amide bonds. The average Bonchev–Trinajstić information content (AvgIpc) is 2.48. The molecule has 0 radical (unpaired) electrons. The Balaban J connectivity index is 2.46. The van der Waals surface area contributed by atoms with E-state index in [9.17, 15) is 9.18 Å². The number of fused-ring (bicyclic) bond motifs is 1. The zero-order valence-electron chi connectivity index (χ0n) is 12.4. The van der Waals surface area contributed by atoms with Crippen LogP contribution in [-0.2, 0) is 0 Å². The Morgan fingerprint density at radius 1 is 1.27 bits per heavy atom. The summed E-state index contributed by atoms with van der Waals surface area (Å²) >= 11 is 0. The number of aromatic amines is 1. The number of halogens is 1. The van der Waals surface area contributed by atoms with Crippen LogP contribution in [0.2, 0.25) is 0 Å². The molecule has 112 valence electrons. The fourth-order valence-electron chi connectivity index (χ4n) is 2.63. The van der Waals surface area contributed by atoms with Crippen molar-refractivity contribution in [3.05, 3.63) is 52.0 Å². The first kappa shape index (κ1) is 14.2. The van der Waals surface area contributed by atoms with Gasteiger partial charge in [-0.05, 0) is 25.5 Å². The molecule has 0 atom stereocenters. The molecule has 22 heavy (non-hydrogen) atoms. The summed E-state index contributed by atoms with van der Waals surface area (Å²) in [6.07, 6.45) is 1.29. The van der Waals surface area contributed by atoms with Gasteiger partial charge in [0.05, 0.1) is 18.8 Å². The predicted octanol–water partition coefficient (Wildman–Crippen LogP) is 2.75. The number of H-pyrrole nitrogens is 1. The van der Waals surface area contributed by atoms with Crippen LogP contribution in [0.3, 0.4) is 0 Å². The number of nitrogens with zero attached hydrogens (tertiary/aromatic N) is 2. The van der Waals surface area contributed by atoms with Crippen LogP contribution in [0.15, 0.2) is 29.3 Å². The number of aryl methyl sites for hydroxylation is 1. The molecule has 2 aromatic heterocycles. The van der Waals surface area contributed by atoms with Gasteiger partial charge in [-0.3, -0.25) is 4.79 Å². The molecule has 0 bridgehead atoms. The number of rotatable bonds is 2. The highest BCUT2D eigenvalue weighted by Gasteiger charge is 2.17. The minimum absolute atomic E-state index is 0.173. The van der Waals surface area contributed by atoms with Gasteiger partial charge in [0.25, 0.3) is 5.56 Å². The summed E-state index contributed by atoms with van der Waals surface area (Å²) in [4.78, 5) is 22.5. The molecule has 3 rings (SSSR count). The number of pyridine rings is 1. The summed E-state index contributed by atoms with van der Waals surface area (Å²) < 4.78 is 19.2. The van der Waals surface area contributed by atoms with Crippen LogP contribution in [0.25, 0.3) is 22.2 Å². The molecule has 1 aromatic carbocycles. The SMILES string of the molecule is COc1ccc(C)c(-c2nc(F)cc3c(=O)[nH]cnc23)c1C. The molecular weight excluding hydrogens is 285 g/mol. The Labute approximate surface area is 125 Å². The first-order valence-corrected chi connectivity index (χ1v) is 6.71. The van der Waals surface area contributed by atoms with Crippen LogP contribution in [0.5, 0.6) is 5.75 Å². The molecule has 2 heterocycles. The van der Waals surface area contributed by atoms with Gasteiger partial charge in [0.2, 0.25) is 5.95 Å². The smallest absolute Gasteiger partial charge is 0.258 e. The quantitative estimate of drug-likeness (QED) is 0.739. The summed E-state index contributed by atoms with van der Waals surface area (Å²) in [6.45, 7) is 3.76. The van der Waals surface area contributed by atoms with Crippen LogP contribution in [-0.4, -0.2) is 22.1 Å². The van der Waals surface area contributed by atoms with Crippen molar-refractivity contribution in [2.24, 2.45) is 0 Å². The van der Waals surface area contributed by atoms with E-state index in [4.69, 9.17) is 4.74 Å². The second-order valence-corrected chi connectivity index (χ2v) is 5.01. The van der Waals surface area contributed by atoms with E-state index in [1.165, 1.54) is 6.33 Å². The zero-order valence-corrected chi connectivity index (χ0v) is 12.4. The van der Waals surface area contributed by atoms with Crippen molar-refractivity contribution < 1.29 is 9.13 Å². The number of nitrogens with one attached hydrogen (secondary N) is 1. The lowest BCUT2D eigenvalue weighted by Crippen LogP contribution is -2.09. The number of methoxy groups -OCH3 is 1. The first-order valence-electron chi connectivity index (χ1n) is 6.71. The Hall–Kier alpha value is -2.76. The van der Waals surface area contributed by atoms with E-state index in [-0.39, 0.29) is 5.39 Å². The van der Waals surface area contributed by atoms with E-state index in [1.807, 2.05) is 26.0 Å². The van der Waals surface area contributed by atoms with E-state index in [0.717, 1.165) is 22.8 Å². The van der Waals surface area contributed by atoms with Gasteiger partial charge in [0, 0.05) is 17.2 Å². The van der Waals surface area contributed by atoms with Crippen LogP contribution >= 0.6 is 0 Å². The van der Waals surface area contributed by atoms with Gasteiger partial charge in [-0.1, -0.05) is 6.07 Å². The fourth-order valence-corrected chi connectivity index (χ4v) is 2.63. The van der Waals surface area contributed by atoms with Crippen molar-refractivity contribution in [2.75, 3.05) is 7.11 Å². The van der Waals surface area contributed by atoms with E-state index in [2.05, 4.69) is 15.0 Å². The molecule has 5 nitrogen and oxygen atoms in total. The van der Waals surface area contributed by atoms with Gasteiger partial charge in [0.1, 0.15) is 17.0 Å². The maximum atomic E-state index is 13.9. The van der Waals surface area contributed by atoms with Crippen molar-refractivity contribution in [3.63, 3.8) is 0 Å². The highest BCUT2D eigenvalue weighted by Crippen LogP contribution is 2.34. The zero-order chi connectivity index (χ0) is 15.9. The highest BCUT2D eigenvalue weighted by atomic mass is 19.1. The molecule has 0 unspecified atom stereocenters. The molecule has 0 aliphatic rings. The lowest BCUT2D eigenvalue weighted by atomic mass is 9.97. The van der Waals surface area contributed by atoms with Crippen molar-refractivity contribution >= 4 is 10.9 Å². The fraction of sp³-hybridized carbons (Fsp3) is 0.188. The summed E-state index contributed by atoms with van der Waals surface area (Å²) in [5.74, 6) is -0.0488. The molecule has 0 fully saturated rings. The summed E-state index contributed by atoms with van der Waals surface area (Å²) in [7, 11) is 1.57. The average molecular weight is 299 g/mol. The molecule has 0 saturated carbocycles. The van der Waals surface area contributed by atoms with Gasteiger partial charge in [0.15, 0.2) is 0 Å². The third kappa shape index (κ3) is 2.13. The maximum Gasteiger partial charge on any atom is 0.258 e. The second-order valence-electron chi connectivity index (χ2n) is 5.01. The molecule has 0 aliphatic carbocycles. The maximum absolute atomic E-state index is 13.9. The summed E-state index contributed by atoms with van der Waals surface area (Å²) in [6, 6.07) is 4.80. The van der Waals surface area contributed by atoms with Gasteiger partial charge in [-0.25, -0.2) is 9.97 Å². The molecule has 0 saturated heterocycles. The summed E-state index contributed by atoms with van der Waals surface area (Å²) in [5.41, 5.74) is 2.76. The predicted molar refractivity (Wildman–Crippen MR) is 81.6 cm³/mol. The molecular formula is C16H14FN3O2. The van der Waals surface area contributed by atoms with E-state index in [1.54, 1.807) is 7.11 Å². The van der Waals surface area contributed by atoms with Crippen molar-refractivity contribution in [1.29, 1.82) is 0 Å². The normalized spacial score (nSPS) is 10.9. The number of aromatic nitrogens is 3. The minimum Gasteiger partial charge on any atom is -0.496 e. The Kier molecular flexibility index (Phi) is 3.36. The van der Waals surface area contributed by atoms with Crippen LogP contribution in [0.4, 0.5) is 4.39 Å². The number of ether oxygens (including phenoxy) is 1. The van der Waals surface area contributed by atoms with Gasteiger partial charge < -0.3 is 9.72 Å². The van der Waals surface area contributed by atoms with Crippen LogP contribution in [0, 0.1) is 19.8 Å². The van der Waals surface area contributed by atoms with Gasteiger partial charge in [-0.15, -0.1) is 0 Å². The topological polar surface area (TPSA) is 67.9 Å². The van der Waals surface area contributed by atoms with Crippen molar-refractivity contribution in [2.45, 2.75) is 13.8 Å². The lowest BCUT2D eigenvalue weighted by Gasteiger charge is -2.14. The monoisotopic (exact) mass is 299 g/mol. The van der Waals surface area contributed by atoms with Crippen LogP contribution < -0.4 is 10.3 Å². The number of hydrogen-bond donors (Lipinski definition) is 1. The standard InChI is InChI=1S/C16H14FN3O2/c1-8-4-5-11(22-3)9(2)13(8)15-14-10(6-12(17)20-15)16(21)19-7-18-14/h4-7H,1-3H3,(H,18,19,21). The molecule has 0 spiro atoms. The highest BCUT2D eigenvalue weighted by molar-refractivity contribution is 5.92. The second kappa shape index (κ2) is 5.22. The van der Waals surface area contributed by atoms with E-state index < -0.39 is 11.5 Å². The lowest BCUT2D eigenvalue weighted by molar-refractivity contribution is 0.412.